The molecular formula is C16H18Cl2N4O. The zero-order chi connectivity index (χ0) is 16.8. The van der Waals surface area contributed by atoms with E-state index in [1.54, 1.807) is 24.3 Å². The number of nitrogens with one attached hydrogen (secondary N) is 2. The maximum Gasteiger partial charge on any atom is 0.274 e. The quantitative estimate of drug-likeness (QED) is 0.803. The Bertz CT molecular complexity index is 692. The summed E-state index contributed by atoms with van der Waals surface area (Å²) < 4.78 is 0. The minimum atomic E-state index is -0.358. The molecule has 1 heterocycles. The van der Waals surface area contributed by atoms with Gasteiger partial charge in [-0.2, -0.15) is 0 Å². The van der Waals surface area contributed by atoms with Crippen molar-refractivity contribution in [2.45, 2.75) is 20.3 Å². The van der Waals surface area contributed by atoms with Crippen LogP contribution in [0.3, 0.4) is 0 Å². The highest BCUT2D eigenvalue weighted by molar-refractivity contribution is 6.36. The Morgan fingerprint density at radius 2 is 2.00 bits per heavy atom. The van der Waals surface area contributed by atoms with Gasteiger partial charge in [-0.05, 0) is 30.5 Å². The minimum Gasteiger partial charge on any atom is -0.370 e. The molecule has 0 spiro atoms. The monoisotopic (exact) mass is 352 g/mol. The van der Waals surface area contributed by atoms with Gasteiger partial charge >= 0.3 is 0 Å². The van der Waals surface area contributed by atoms with Gasteiger partial charge in [-0.25, -0.2) is 9.97 Å². The van der Waals surface area contributed by atoms with E-state index in [2.05, 4.69) is 34.4 Å². The van der Waals surface area contributed by atoms with Crippen LogP contribution in [0.2, 0.25) is 10.0 Å². The number of carbonyl (C=O) groups excluding carboxylic acids is 1. The number of rotatable bonds is 6. The first-order valence-corrected chi connectivity index (χ1v) is 8.03. The zero-order valence-electron chi connectivity index (χ0n) is 12.9. The van der Waals surface area contributed by atoms with Gasteiger partial charge in [0.05, 0.1) is 10.7 Å². The number of nitrogens with zero attached hydrogens (tertiary/aromatic N) is 2. The smallest absolute Gasteiger partial charge is 0.274 e. The molecule has 0 bridgehead atoms. The van der Waals surface area contributed by atoms with E-state index in [4.69, 9.17) is 23.2 Å². The van der Waals surface area contributed by atoms with Crippen LogP contribution in [-0.4, -0.2) is 22.4 Å². The second-order valence-corrected chi connectivity index (χ2v) is 6.32. The van der Waals surface area contributed by atoms with Gasteiger partial charge < -0.3 is 10.6 Å². The van der Waals surface area contributed by atoms with Gasteiger partial charge in [0.25, 0.3) is 5.91 Å². The van der Waals surface area contributed by atoms with Gasteiger partial charge in [0, 0.05) is 17.6 Å². The summed E-state index contributed by atoms with van der Waals surface area (Å²) in [6.45, 7) is 5.09. The lowest BCUT2D eigenvalue weighted by molar-refractivity contribution is 0.102. The number of carbonyl (C=O) groups is 1. The molecule has 0 fully saturated rings. The molecule has 2 rings (SSSR count). The van der Waals surface area contributed by atoms with Crippen molar-refractivity contribution in [2.75, 3.05) is 17.2 Å². The molecule has 0 saturated carbocycles. The number of halogens is 2. The first-order chi connectivity index (χ1) is 11.0. The highest BCUT2D eigenvalue weighted by Gasteiger charge is 2.11. The van der Waals surface area contributed by atoms with Crippen molar-refractivity contribution in [3.8, 4) is 0 Å². The summed E-state index contributed by atoms with van der Waals surface area (Å²) in [7, 11) is 0. The molecule has 0 aliphatic rings. The average Bonchev–Trinajstić information content (AvgIpc) is 2.50. The van der Waals surface area contributed by atoms with E-state index in [0.29, 0.717) is 27.5 Å². The standard InChI is InChI=1S/C16H18Cl2N4O/c1-10(2)5-6-19-15-8-14(20-9-21-15)16(23)22-13-4-3-11(17)7-12(13)18/h3-4,7-10H,5-6H2,1-2H3,(H,22,23)(H,19,20,21). The van der Waals surface area contributed by atoms with E-state index >= 15 is 0 Å². The Kier molecular flexibility index (Phi) is 6.19. The minimum absolute atomic E-state index is 0.262. The van der Waals surface area contributed by atoms with E-state index in [1.165, 1.54) is 6.33 Å². The van der Waals surface area contributed by atoms with Crippen LogP contribution in [0.4, 0.5) is 11.5 Å². The third kappa shape index (κ3) is 5.37. The largest absolute Gasteiger partial charge is 0.370 e. The van der Waals surface area contributed by atoms with Crippen molar-refractivity contribution in [1.82, 2.24) is 9.97 Å². The normalized spacial score (nSPS) is 10.7. The summed E-state index contributed by atoms with van der Waals surface area (Å²) in [5, 5.41) is 6.76. The topological polar surface area (TPSA) is 66.9 Å². The summed E-state index contributed by atoms with van der Waals surface area (Å²) in [6.07, 6.45) is 2.38. The summed E-state index contributed by atoms with van der Waals surface area (Å²) >= 11 is 11.9. The van der Waals surface area contributed by atoms with Crippen molar-refractivity contribution in [2.24, 2.45) is 5.92 Å². The molecule has 0 aliphatic carbocycles. The first-order valence-electron chi connectivity index (χ1n) is 7.28. The molecule has 1 aromatic carbocycles. The van der Waals surface area contributed by atoms with Gasteiger partial charge in [-0.1, -0.05) is 37.0 Å². The van der Waals surface area contributed by atoms with E-state index in [-0.39, 0.29) is 11.6 Å². The molecule has 0 unspecified atom stereocenters. The van der Waals surface area contributed by atoms with Crippen LogP contribution in [0.1, 0.15) is 30.8 Å². The Hall–Kier alpha value is -1.85. The summed E-state index contributed by atoms with van der Waals surface area (Å²) in [5.41, 5.74) is 0.743. The van der Waals surface area contributed by atoms with Crippen LogP contribution in [0.5, 0.6) is 0 Å². The fourth-order valence-electron chi connectivity index (χ4n) is 1.84. The van der Waals surface area contributed by atoms with Crippen molar-refractivity contribution in [3.05, 3.63) is 46.3 Å². The molecule has 0 aliphatic heterocycles. The van der Waals surface area contributed by atoms with Crippen LogP contribution in [0, 0.1) is 5.92 Å². The van der Waals surface area contributed by atoms with Gasteiger partial charge in [0.2, 0.25) is 0 Å². The van der Waals surface area contributed by atoms with Gasteiger partial charge in [0.15, 0.2) is 0 Å². The third-order valence-corrected chi connectivity index (χ3v) is 3.65. The number of anilines is 2. The SMILES string of the molecule is CC(C)CCNc1cc(C(=O)Nc2ccc(Cl)cc2Cl)ncn1. The molecule has 2 N–H and O–H groups in total. The third-order valence-electron chi connectivity index (χ3n) is 3.11. The van der Waals surface area contributed by atoms with E-state index < -0.39 is 0 Å². The second kappa shape index (κ2) is 8.13. The molecule has 2 aromatic rings. The molecule has 1 amide bonds. The number of amides is 1. The fraction of sp³-hybridized carbons (Fsp3) is 0.312. The van der Waals surface area contributed by atoms with E-state index in [0.717, 1.165) is 13.0 Å². The predicted octanol–water partition coefficient (Wildman–Crippen LogP) is 4.49. The highest BCUT2D eigenvalue weighted by atomic mass is 35.5. The molecule has 5 nitrogen and oxygen atoms in total. The Morgan fingerprint density at radius 1 is 1.22 bits per heavy atom. The second-order valence-electron chi connectivity index (χ2n) is 5.48. The summed E-state index contributed by atoms with van der Waals surface area (Å²) in [4.78, 5) is 20.4. The van der Waals surface area contributed by atoms with Crippen LogP contribution >= 0.6 is 23.2 Å². The molecule has 0 radical (unpaired) electrons. The fourth-order valence-corrected chi connectivity index (χ4v) is 2.30. The lowest BCUT2D eigenvalue weighted by atomic mass is 10.1. The van der Waals surface area contributed by atoms with Gasteiger partial charge in [0.1, 0.15) is 17.8 Å². The Balaban J connectivity index is 2.04. The zero-order valence-corrected chi connectivity index (χ0v) is 14.4. The predicted molar refractivity (Wildman–Crippen MR) is 94.4 cm³/mol. The molecule has 7 heteroatoms. The molecule has 23 heavy (non-hydrogen) atoms. The van der Waals surface area contributed by atoms with Crippen LogP contribution in [0.15, 0.2) is 30.6 Å². The Morgan fingerprint density at radius 3 is 2.70 bits per heavy atom. The van der Waals surface area contributed by atoms with Crippen LogP contribution < -0.4 is 10.6 Å². The average molecular weight is 353 g/mol. The molecule has 0 atom stereocenters. The first kappa shape index (κ1) is 17.5. The highest BCUT2D eigenvalue weighted by Crippen LogP contribution is 2.25. The molecule has 0 saturated heterocycles. The van der Waals surface area contributed by atoms with Crippen molar-refractivity contribution in [1.29, 1.82) is 0 Å². The van der Waals surface area contributed by atoms with Crippen molar-refractivity contribution >= 4 is 40.6 Å². The molecule has 1 aromatic heterocycles. The van der Waals surface area contributed by atoms with Crippen LogP contribution in [-0.2, 0) is 0 Å². The molecular weight excluding hydrogens is 335 g/mol. The van der Waals surface area contributed by atoms with Crippen molar-refractivity contribution in [3.63, 3.8) is 0 Å². The number of benzene rings is 1. The maximum absolute atomic E-state index is 12.3. The van der Waals surface area contributed by atoms with Crippen LogP contribution in [0.25, 0.3) is 0 Å². The van der Waals surface area contributed by atoms with Gasteiger partial charge in [-0.15, -0.1) is 0 Å². The molecule has 122 valence electrons. The number of hydrogen-bond acceptors (Lipinski definition) is 4. The summed E-state index contributed by atoms with van der Waals surface area (Å²) in [5.74, 6) is 0.857. The van der Waals surface area contributed by atoms with Gasteiger partial charge in [-0.3, -0.25) is 4.79 Å². The van der Waals surface area contributed by atoms with E-state index in [1.807, 2.05) is 0 Å². The number of hydrogen-bond donors (Lipinski definition) is 2. The van der Waals surface area contributed by atoms with E-state index in [9.17, 15) is 4.79 Å². The lowest BCUT2D eigenvalue weighted by Crippen LogP contribution is -2.15. The summed E-state index contributed by atoms with van der Waals surface area (Å²) in [6, 6.07) is 6.48. The van der Waals surface area contributed by atoms with Crippen molar-refractivity contribution < 1.29 is 4.79 Å². The Labute approximate surface area is 145 Å². The lowest BCUT2D eigenvalue weighted by Gasteiger charge is -2.09. The maximum atomic E-state index is 12.3. The number of aromatic nitrogens is 2.